The predicted molar refractivity (Wildman–Crippen MR) is 94.4 cm³/mol. The van der Waals surface area contributed by atoms with Gasteiger partial charge in [-0.2, -0.15) is 0 Å². The van der Waals surface area contributed by atoms with E-state index in [1.165, 1.54) is 0 Å². The van der Waals surface area contributed by atoms with Gasteiger partial charge in [0.05, 0.1) is 12.8 Å². The van der Waals surface area contributed by atoms with E-state index in [9.17, 15) is 0 Å². The number of hydrogen-bond acceptors (Lipinski definition) is 4. The molecule has 0 saturated heterocycles. The standard InChI is InChI=1S/C18H26N2O2S/c1-5-6-10-22-12-16-19-17(13(2)3)18(20-16)23-15-9-7-8-14(11-15)21-4/h7-9,11,13H,5-6,10,12H2,1-4H3,(H,19,20). The third-order valence-electron chi connectivity index (χ3n) is 3.46. The van der Waals surface area contributed by atoms with Crippen molar-refractivity contribution < 1.29 is 9.47 Å². The molecule has 0 aliphatic heterocycles. The fourth-order valence-corrected chi connectivity index (χ4v) is 3.25. The van der Waals surface area contributed by atoms with Crippen LogP contribution in [0.4, 0.5) is 0 Å². The molecule has 0 aliphatic carbocycles. The zero-order valence-electron chi connectivity index (χ0n) is 14.4. The second-order valence-corrected chi connectivity index (χ2v) is 6.81. The number of nitrogens with zero attached hydrogens (tertiary/aromatic N) is 1. The number of nitrogens with one attached hydrogen (secondary N) is 1. The van der Waals surface area contributed by atoms with E-state index in [1.807, 2.05) is 18.2 Å². The number of imidazole rings is 1. The molecule has 0 atom stereocenters. The molecule has 126 valence electrons. The summed E-state index contributed by atoms with van der Waals surface area (Å²) in [6, 6.07) is 8.05. The zero-order valence-corrected chi connectivity index (χ0v) is 15.2. The van der Waals surface area contributed by atoms with Crippen LogP contribution < -0.4 is 4.74 Å². The Hall–Kier alpha value is -1.46. The fourth-order valence-electron chi connectivity index (χ4n) is 2.15. The van der Waals surface area contributed by atoms with Crippen molar-refractivity contribution in [3.63, 3.8) is 0 Å². The number of hydrogen-bond donors (Lipinski definition) is 1. The maximum Gasteiger partial charge on any atom is 0.133 e. The van der Waals surface area contributed by atoms with Gasteiger partial charge < -0.3 is 14.5 Å². The van der Waals surface area contributed by atoms with Crippen LogP contribution >= 0.6 is 11.8 Å². The molecular weight excluding hydrogens is 308 g/mol. The Kier molecular flexibility index (Phi) is 6.99. The largest absolute Gasteiger partial charge is 0.497 e. The van der Waals surface area contributed by atoms with Crippen LogP contribution in [0.3, 0.4) is 0 Å². The molecule has 5 heteroatoms. The molecule has 0 amide bonds. The summed E-state index contributed by atoms with van der Waals surface area (Å²) in [5.74, 6) is 2.15. The van der Waals surface area contributed by atoms with Crippen LogP contribution in [-0.4, -0.2) is 23.7 Å². The highest BCUT2D eigenvalue weighted by Crippen LogP contribution is 2.33. The molecule has 1 heterocycles. The Morgan fingerprint density at radius 2 is 2.13 bits per heavy atom. The molecule has 0 saturated carbocycles. The number of H-pyrrole nitrogens is 1. The second kappa shape index (κ2) is 8.99. The minimum Gasteiger partial charge on any atom is -0.497 e. The van der Waals surface area contributed by atoms with Crippen molar-refractivity contribution in [2.75, 3.05) is 13.7 Å². The van der Waals surface area contributed by atoms with E-state index in [2.05, 4.69) is 31.8 Å². The summed E-state index contributed by atoms with van der Waals surface area (Å²) in [5.41, 5.74) is 1.16. The Balaban J connectivity index is 2.11. The van der Waals surface area contributed by atoms with Crippen LogP contribution in [0.15, 0.2) is 34.2 Å². The molecule has 23 heavy (non-hydrogen) atoms. The first-order valence-electron chi connectivity index (χ1n) is 8.12. The molecule has 0 fully saturated rings. The normalized spacial score (nSPS) is 11.2. The van der Waals surface area contributed by atoms with Crippen LogP contribution in [0.5, 0.6) is 5.75 Å². The van der Waals surface area contributed by atoms with Gasteiger partial charge in [0.15, 0.2) is 0 Å². The molecule has 0 radical (unpaired) electrons. The number of rotatable bonds is 9. The van der Waals surface area contributed by atoms with Crippen molar-refractivity contribution >= 4 is 11.8 Å². The Morgan fingerprint density at radius 1 is 1.30 bits per heavy atom. The van der Waals surface area contributed by atoms with E-state index in [1.54, 1.807) is 18.9 Å². The van der Waals surface area contributed by atoms with E-state index in [0.29, 0.717) is 12.5 Å². The molecule has 0 bridgehead atoms. The summed E-state index contributed by atoms with van der Waals surface area (Å²) in [5, 5.41) is 1.02. The Labute approximate surface area is 143 Å². The molecule has 2 rings (SSSR count). The number of ether oxygens (including phenoxy) is 2. The van der Waals surface area contributed by atoms with Gasteiger partial charge in [-0.1, -0.05) is 45.0 Å². The summed E-state index contributed by atoms with van der Waals surface area (Å²) in [6.07, 6.45) is 2.23. The third kappa shape index (κ3) is 5.29. The van der Waals surface area contributed by atoms with Crippen molar-refractivity contribution in [2.45, 2.75) is 56.1 Å². The summed E-state index contributed by atoms with van der Waals surface area (Å²) in [7, 11) is 1.68. The van der Waals surface area contributed by atoms with Crippen molar-refractivity contribution in [2.24, 2.45) is 0 Å². The van der Waals surface area contributed by atoms with Gasteiger partial charge in [0.2, 0.25) is 0 Å². The Bertz CT molecular complexity index is 611. The van der Waals surface area contributed by atoms with Crippen LogP contribution in [0, 0.1) is 0 Å². The molecule has 1 N–H and O–H groups in total. The van der Waals surface area contributed by atoms with Crippen molar-refractivity contribution in [1.29, 1.82) is 0 Å². The van der Waals surface area contributed by atoms with Gasteiger partial charge in [-0.15, -0.1) is 0 Å². The van der Waals surface area contributed by atoms with Gasteiger partial charge in [-0.25, -0.2) is 4.98 Å². The lowest BCUT2D eigenvalue weighted by Gasteiger charge is -2.06. The average molecular weight is 334 g/mol. The van der Waals surface area contributed by atoms with Crippen LogP contribution in [0.1, 0.15) is 51.0 Å². The first kappa shape index (κ1) is 17.9. The van der Waals surface area contributed by atoms with E-state index >= 15 is 0 Å². The quantitative estimate of drug-likeness (QED) is 0.655. The van der Waals surface area contributed by atoms with Gasteiger partial charge in [0, 0.05) is 11.5 Å². The molecular formula is C18H26N2O2S. The van der Waals surface area contributed by atoms with Gasteiger partial charge in [0.1, 0.15) is 23.2 Å². The highest BCUT2D eigenvalue weighted by molar-refractivity contribution is 7.99. The van der Waals surface area contributed by atoms with Gasteiger partial charge >= 0.3 is 0 Å². The summed E-state index contributed by atoms with van der Waals surface area (Å²) in [4.78, 5) is 9.26. The topological polar surface area (TPSA) is 47.1 Å². The molecule has 0 spiro atoms. The first-order chi connectivity index (χ1) is 11.1. The minimum absolute atomic E-state index is 0.389. The Morgan fingerprint density at radius 3 is 2.83 bits per heavy atom. The van der Waals surface area contributed by atoms with Crippen molar-refractivity contribution in [1.82, 2.24) is 9.97 Å². The number of benzene rings is 1. The smallest absolute Gasteiger partial charge is 0.133 e. The predicted octanol–water partition coefficient (Wildman–Crippen LogP) is 5.01. The number of aromatic nitrogens is 2. The van der Waals surface area contributed by atoms with Crippen LogP contribution in [0.25, 0.3) is 0 Å². The molecule has 2 aromatic rings. The lowest BCUT2D eigenvalue weighted by atomic mass is 10.2. The van der Waals surface area contributed by atoms with Gasteiger partial charge in [0.25, 0.3) is 0 Å². The molecule has 0 aliphatic rings. The monoisotopic (exact) mass is 334 g/mol. The van der Waals surface area contributed by atoms with E-state index in [0.717, 1.165) is 46.6 Å². The van der Waals surface area contributed by atoms with Crippen molar-refractivity contribution in [3.05, 3.63) is 35.8 Å². The summed E-state index contributed by atoms with van der Waals surface area (Å²) < 4.78 is 11.0. The zero-order chi connectivity index (χ0) is 16.7. The van der Waals surface area contributed by atoms with E-state index in [4.69, 9.17) is 14.5 Å². The maximum absolute atomic E-state index is 5.67. The third-order valence-corrected chi connectivity index (χ3v) is 4.45. The SMILES string of the molecule is CCCCOCc1nc(Sc2cccc(OC)c2)c(C(C)C)[nH]1. The number of unbranched alkanes of at least 4 members (excludes halogenated alkanes) is 1. The minimum atomic E-state index is 0.389. The van der Waals surface area contributed by atoms with Crippen LogP contribution in [0.2, 0.25) is 0 Å². The molecule has 1 aromatic carbocycles. The molecule has 1 aromatic heterocycles. The van der Waals surface area contributed by atoms with Crippen molar-refractivity contribution in [3.8, 4) is 5.75 Å². The maximum atomic E-state index is 5.67. The van der Waals surface area contributed by atoms with Gasteiger partial charge in [-0.05, 0) is 30.5 Å². The average Bonchev–Trinajstić information content (AvgIpc) is 2.95. The highest BCUT2D eigenvalue weighted by Gasteiger charge is 2.15. The number of methoxy groups -OCH3 is 1. The molecule has 4 nitrogen and oxygen atoms in total. The summed E-state index contributed by atoms with van der Waals surface area (Å²) in [6.45, 7) is 7.83. The first-order valence-corrected chi connectivity index (χ1v) is 8.94. The van der Waals surface area contributed by atoms with Gasteiger partial charge in [-0.3, -0.25) is 0 Å². The summed E-state index contributed by atoms with van der Waals surface area (Å²) >= 11 is 1.66. The fraction of sp³-hybridized carbons (Fsp3) is 0.500. The number of aromatic amines is 1. The lowest BCUT2D eigenvalue weighted by Crippen LogP contribution is -1.97. The second-order valence-electron chi connectivity index (χ2n) is 5.74. The van der Waals surface area contributed by atoms with E-state index in [-0.39, 0.29) is 0 Å². The molecule has 0 unspecified atom stereocenters. The van der Waals surface area contributed by atoms with E-state index < -0.39 is 0 Å². The lowest BCUT2D eigenvalue weighted by molar-refractivity contribution is 0.113. The highest BCUT2D eigenvalue weighted by atomic mass is 32.2. The van der Waals surface area contributed by atoms with Crippen LogP contribution in [-0.2, 0) is 11.3 Å².